The number of ether oxygens (including phenoxy) is 3. The van der Waals surface area contributed by atoms with Gasteiger partial charge in [0.1, 0.15) is 5.75 Å². The molecule has 1 saturated heterocycles. The molecule has 1 amide bonds. The average molecular weight is 326 g/mol. The predicted molar refractivity (Wildman–Crippen MR) is 82.0 cm³/mol. The topological polar surface area (TPSA) is 56.8 Å². The molecular formula is C16H20ClNO4. The number of nitrogens with one attached hydrogen (secondary N) is 1. The van der Waals surface area contributed by atoms with Crippen LogP contribution >= 0.6 is 11.6 Å². The van der Waals surface area contributed by atoms with E-state index in [1.54, 1.807) is 6.07 Å². The van der Waals surface area contributed by atoms with Crippen molar-refractivity contribution < 1.29 is 19.0 Å². The second-order valence-corrected chi connectivity index (χ2v) is 5.96. The summed E-state index contributed by atoms with van der Waals surface area (Å²) in [4.78, 5) is 12.2. The molecule has 1 N–H and O–H groups in total. The van der Waals surface area contributed by atoms with E-state index in [4.69, 9.17) is 25.8 Å². The van der Waals surface area contributed by atoms with Gasteiger partial charge < -0.3 is 19.5 Å². The molecule has 0 bridgehead atoms. The number of carbonyl (C=O) groups excluding carboxylic acids is 1. The van der Waals surface area contributed by atoms with Crippen molar-refractivity contribution in [2.24, 2.45) is 0 Å². The minimum Gasteiger partial charge on any atom is -0.493 e. The van der Waals surface area contributed by atoms with Crippen LogP contribution in [0.15, 0.2) is 18.2 Å². The van der Waals surface area contributed by atoms with E-state index in [1.807, 2.05) is 12.1 Å². The van der Waals surface area contributed by atoms with Gasteiger partial charge in [-0.3, -0.25) is 4.79 Å². The molecule has 0 spiro atoms. The van der Waals surface area contributed by atoms with E-state index in [1.165, 1.54) is 0 Å². The fourth-order valence-electron chi connectivity index (χ4n) is 2.76. The van der Waals surface area contributed by atoms with Crippen molar-refractivity contribution in [1.29, 1.82) is 0 Å². The summed E-state index contributed by atoms with van der Waals surface area (Å²) in [6.07, 6.45) is 2.40. The first-order valence-corrected chi connectivity index (χ1v) is 8.05. The van der Waals surface area contributed by atoms with Crippen molar-refractivity contribution in [2.45, 2.75) is 38.0 Å². The Balaban J connectivity index is 1.65. The van der Waals surface area contributed by atoms with Gasteiger partial charge in [0.05, 0.1) is 32.3 Å². The Kier molecular flexibility index (Phi) is 5.18. The Bertz CT molecular complexity index is 531. The van der Waals surface area contributed by atoms with Crippen LogP contribution in [0.4, 0.5) is 0 Å². The normalized spacial score (nSPS) is 22.3. The monoisotopic (exact) mass is 325 g/mol. The molecule has 1 unspecified atom stereocenters. The van der Waals surface area contributed by atoms with E-state index in [-0.39, 0.29) is 18.4 Å². The Morgan fingerprint density at radius 3 is 2.86 bits per heavy atom. The first kappa shape index (κ1) is 15.6. The second-order valence-electron chi connectivity index (χ2n) is 5.52. The molecule has 0 saturated carbocycles. The van der Waals surface area contributed by atoms with Crippen LogP contribution in [0.5, 0.6) is 5.75 Å². The highest BCUT2D eigenvalue weighted by molar-refractivity contribution is 6.30. The summed E-state index contributed by atoms with van der Waals surface area (Å²) in [6, 6.07) is 5.48. The molecule has 0 aliphatic carbocycles. The van der Waals surface area contributed by atoms with Crippen LogP contribution in [0.25, 0.3) is 0 Å². The number of rotatable bonds is 3. The quantitative estimate of drug-likeness (QED) is 0.928. The largest absolute Gasteiger partial charge is 0.493 e. The summed E-state index contributed by atoms with van der Waals surface area (Å²) in [5, 5.41) is 3.69. The van der Waals surface area contributed by atoms with E-state index in [0.717, 1.165) is 30.6 Å². The summed E-state index contributed by atoms with van der Waals surface area (Å²) in [5.41, 5.74) is 0.973. The SMILES string of the molecule is O=C(CC1OCCCO1)NC1CCCOc2cc(Cl)ccc21. The van der Waals surface area contributed by atoms with Crippen LogP contribution in [0.3, 0.4) is 0 Å². The highest BCUT2D eigenvalue weighted by atomic mass is 35.5. The lowest BCUT2D eigenvalue weighted by atomic mass is 10.0. The van der Waals surface area contributed by atoms with Gasteiger partial charge in [-0.2, -0.15) is 0 Å². The maximum atomic E-state index is 12.2. The van der Waals surface area contributed by atoms with Crippen LogP contribution in [0, 0.1) is 0 Å². The van der Waals surface area contributed by atoms with Gasteiger partial charge in [-0.05, 0) is 31.4 Å². The molecule has 3 rings (SSSR count). The molecule has 2 aliphatic heterocycles. The molecule has 1 atom stereocenters. The molecule has 0 aromatic heterocycles. The number of hydrogen-bond acceptors (Lipinski definition) is 4. The van der Waals surface area contributed by atoms with Crippen molar-refractivity contribution in [1.82, 2.24) is 5.32 Å². The lowest BCUT2D eigenvalue weighted by Gasteiger charge is -2.24. The summed E-state index contributed by atoms with van der Waals surface area (Å²) in [6.45, 7) is 1.93. The molecule has 5 nitrogen and oxygen atoms in total. The number of halogens is 1. The van der Waals surface area contributed by atoms with Crippen molar-refractivity contribution in [3.63, 3.8) is 0 Å². The zero-order chi connectivity index (χ0) is 15.4. The van der Waals surface area contributed by atoms with Gasteiger partial charge in [-0.1, -0.05) is 17.7 Å². The third kappa shape index (κ3) is 3.91. The maximum absolute atomic E-state index is 12.2. The van der Waals surface area contributed by atoms with Crippen molar-refractivity contribution in [3.8, 4) is 5.75 Å². The average Bonchev–Trinajstić information content (AvgIpc) is 2.70. The minimum atomic E-state index is -0.430. The maximum Gasteiger partial charge on any atom is 0.225 e. The van der Waals surface area contributed by atoms with Crippen molar-refractivity contribution >= 4 is 17.5 Å². The van der Waals surface area contributed by atoms with Gasteiger partial charge >= 0.3 is 0 Å². The van der Waals surface area contributed by atoms with Gasteiger partial charge in [0.2, 0.25) is 5.91 Å². The number of amides is 1. The third-order valence-corrected chi connectivity index (χ3v) is 4.06. The fraction of sp³-hybridized carbons (Fsp3) is 0.562. The molecule has 2 aliphatic rings. The van der Waals surface area contributed by atoms with Gasteiger partial charge in [0.15, 0.2) is 6.29 Å². The molecule has 1 aromatic carbocycles. The van der Waals surface area contributed by atoms with Crippen LogP contribution in [0.1, 0.15) is 37.3 Å². The van der Waals surface area contributed by atoms with Gasteiger partial charge in [-0.25, -0.2) is 0 Å². The molecule has 22 heavy (non-hydrogen) atoms. The lowest BCUT2D eigenvalue weighted by Crippen LogP contribution is -2.34. The molecule has 120 valence electrons. The third-order valence-electron chi connectivity index (χ3n) is 3.83. The van der Waals surface area contributed by atoms with E-state index < -0.39 is 6.29 Å². The molecule has 6 heteroatoms. The summed E-state index contributed by atoms with van der Waals surface area (Å²) < 4.78 is 16.6. The Morgan fingerprint density at radius 2 is 2.05 bits per heavy atom. The summed E-state index contributed by atoms with van der Waals surface area (Å²) in [5.74, 6) is 0.681. The van der Waals surface area contributed by atoms with Gasteiger partial charge in [-0.15, -0.1) is 0 Å². The minimum absolute atomic E-state index is 0.0640. The van der Waals surface area contributed by atoms with E-state index in [9.17, 15) is 4.79 Å². The molecule has 0 radical (unpaired) electrons. The molecular weight excluding hydrogens is 306 g/mol. The number of hydrogen-bond donors (Lipinski definition) is 1. The number of benzene rings is 1. The van der Waals surface area contributed by atoms with Crippen LogP contribution in [-0.2, 0) is 14.3 Å². The fourth-order valence-corrected chi connectivity index (χ4v) is 2.92. The van der Waals surface area contributed by atoms with Crippen LogP contribution < -0.4 is 10.1 Å². The standard InChI is InChI=1S/C16H20ClNO4/c17-11-4-5-12-13(3-1-6-20-14(12)9-11)18-15(19)10-16-21-7-2-8-22-16/h4-5,9,13,16H,1-3,6-8,10H2,(H,18,19). The van der Waals surface area contributed by atoms with Crippen LogP contribution in [0.2, 0.25) is 5.02 Å². The van der Waals surface area contributed by atoms with Gasteiger partial charge in [0, 0.05) is 10.6 Å². The summed E-state index contributed by atoms with van der Waals surface area (Å²) >= 11 is 6.01. The van der Waals surface area contributed by atoms with Crippen molar-refractivity contribution in [2.75, 3.05) is 19.8 Å². The molecule has 1 fully saturated rings. The van der Waals surface area contributed by atoms with E-state index in [0.29, 0.717) is 24.8 Å². The summed E-state index contributed by atoms with van der Waals surface area (Å²) in [7, 11) is 0. The number of carbonyl (C=O) groups is 1. The van der Waals surface area contributed by atoms with Crippen LogP contribution in [-0.4, -0.2) is 32.0 Å². The second kappa shape index (κ2) is 7.31. The van der Waals surface area contributed by atoms with E-state index in [2.05, 4.69) is 5.32 Å². The number of fused-ring (bicyclic) bond motifs is 1. The lowest BCUT2D eigenvalue weighted by molar-refractivity contribution is -0.184. The first-order valence-electron chi connectivity index (χ1n) is 7.67. The van der Waals surface area contributed by atoms with E-state index >= 15 is 0 Å². The first-order chi connectivity index (χ1) is 10.7. The zero-order valence-electron chi connectivity index (χ0n) is 12.3. The van der Waals surface area contributed by atoms with Crippen molar-refractivity contribution in [3.05, 3.63) is 28.8 Å². The highest BCUT2D eigenvalue weighted by Gasteiger charge is 2.24. The Hall–Kier alpha value is -1.30. The Morgan fingerprint density at radius 1 is 1.23 bits per heavy atom. The smallest absolute Gasteiger partial charge is 0.225 e. The Labute approximate surface area is 134 Å². The highest BCUT2D eigenvalue weighted by Crippen LogP contribution is 2.33. The predicted octanol–water partition coefficient (Wildman–Crippen LogP) is 2.82. The zero-order valence-corrected chi connectivity index (χ0v) is 13.1. The molecule has 2 heterocycles. The molecule has 1 aromatic rings. The van der Waals surface area contributed by atoms with Gasteiger partial charge in [0.25, 0.3) is 0 Å².